The SMILES string of the molecule is CCc1ccc(C(Cl)c2ccc3c(c2)COC3)o1. The van der Waals surface area contributed by atoms with Gasteiger partial charge in [0.25, 0.3) is 0 Å². The number of aryl methyl sites for hydroxylation is 1. The number of hydrogen-bond donors (Lipinski definition) is 0. The van der Waals surface area contributed by atoms with Gasteiger partial charge in [-0.3, -0.25) is 0 Å². The molecule has 3 rings (SSSR count). The van der Waals surface area contributed by atoms with Gasteiger partial charge in [0.15, 0.2) is 0 Å². The highest BCUT2D eigenvalue weighted by atomic mass is 35.5. The van der Waals surface area contributed by atoms with E-state index in [0.29, 0.717) is 13.2 Å². The molecule has 1 aromatic heterocycles. The van der Waals surface area contributed by atoms with Gasteiger partial charge in [0.05, 0.1) is 13.2 Å². The average Bonchev–Trinajstić information content (AvgIpc) is 3.05. The van der Waals surface area contributed by atoms with Gasteiger partial charge < -0.3 is 9.15 Å². The highest BCUT2D eigenvalue weighted by Gasteiger charge is 2.18. The van der Waals surface area contributed by atoms with Gasteiger partial charge in [0.1, 0.15) is 16.9 Å². The fourth-order valence-electron chi connectivity index (χ4n) is 2.23. The smallest absolute Gasteiger partial charge is 0.126 e. The Bertz CT molecular complexity index is 559. The van der Waals surface area contributed by atoms with Gasteiger partial charge in [-0.1, -0.05) is 25.1 Å². The number of fused-ring (bicyclic) bond motifs is 1. The fraction of sp³-hybridized carbons (Fsp3) is 0.333. The third-order valence-electron chi connectivity index (χ3n) is 3.32. The summed E-state index contributed by atoms with van der Waals surface area (Å²) in [6.07, 6.45) is 0.891. The second-order valence-corrected chi connectivity index (χ2v) is 4.98. The number of halogens is 1. The molecule has 1 atom stereocenters. The average molecular weight is 263 g/mol. The quantitative estimate of drug-likeness (QED) is 0.774. The Morgan fingerprint density at radius 1 is 1.17 bits per heavy atom. The van der Waals surface area contributed by atoms with Crippen molar-refractivity contribution in [2.75, 3.05) is 0 Å². The van der Waals surface area contributed by atoms with E-state index in [2.05, 4.69) is 25.1 Å². The molecule has 0 saturated carbocycles. The van der Waals surface area contributed by atoms with E-state index >= 15 is 0 Å². The van der Waals surface area contributed by atoms with Gasteiger partial charge in [-0.25, -0.2) is 0 Å². The molecule has 0 amide bonds. The zero-order valence-corrected chi connectivity index (χ0v) is 11.0. The normalized spacial score (nSPS) is 15.7. The van der Waals surface area contributed by atoms with E-state index in [1.807, 2.05) is 12.1 Å². The number of hydrogen-bond acceptors (Lipinski definition) is 2. The van der Waals surface area contributed by atoms with Gasteiger partial charge in [-0.2, -0.15) is 0 Å². The van der Waals surface area contributed by atoms with Crippen LogP contribution in [-0.4, -0.2) is 0 Å². The van der Waals surface area contributed by atoms with Crippen molar-refractivity contribution in [3.05, 3.63) is 58.5 Å². The standard InChI is InChI=1S/C15H15ClO2/c1-2-13-5-6-14(18-13)15(16)10-3-4-11-8-17-9-12(11)7-10/h3-7,15H,2,8-9H2,1H3. The van der Waals surface area contributed by atoms with Crippen molar-refractivity contribution in [2.24, 2.45) is 0 Å². The number of ether oxygens (including phenoxy) is 1. The summed E-state index contributed by atoms with van der Waals surface area (Å²) < 4.78 is 11.1. The molecule has 0 N–H and O–H groups in total. The van der Waals surface area contributed by atoms with E-state index in [1.54, 1.807) is 0 Å². The molecule has 94 valence electrons. The van der Waals surface area contributed by atoms with Gasteiger partial charge in [-0.15, -0.1) is 11.6 Å². The van der Waals surface area contributed by atoms with Crippen molar-refractivity contribution in [3.63, 3.8) is 0 Å². The lowest BCUT2D eigenvalue weighted by Gasteiger charge is -2.08. The molecule has 0 fully saturated rings. The summed E-state index contributed by atoms with van der Waals surface area (Å²) in [5.41, 5.74) is 3.56. The van der Waals surface area contributed by atoms with E-state index in [1.165, 1.54) is 11.1 Å². The van der Waals surface area contributed by atoms with Crippen LogP contribution in [-0.2, 0) is 24.4 Å². The van der Waals surface area contributed by atoms with Crippen LogP contribution in [0.15, 0.2) is 34.7 Å². The number of alkyl halides is 1. The summed E-state index contributed by atoms with van der Waals surface area (Å²) in [6.45, 7) is 3.47. The van der Waals surface area contributed by atoms with Crippen LogP contribution in [0.2, 0.25) is 0 Å². The molecule has 1 unspecified atom stereocenters. The van der Waals surface area contributed by atoms with Crippen LogP contribution in [0.25, 0.3) is 0 Å². The maximum Gasteiger partial charge on any atom is 0.126 e. The van der Waals surface area contributed by atoms with Crippen molar-refractivity contribution in [3.8, 4) is 0 Å². The lowest BCUT2D eigenvalue weighted by atomic mass is 10.0. The van der Waals surface area contributed by atoms with Crippen LogP contribution in [0, 0.1) is 0 Å². The summed E-state index contributed by atoms with van der Waals surface area (Å²) in [5.74, 6) is 1.78. The Labute approximate surface area is 112 Å². The number of rotatable bonds is 3. The van der Waals surface area contributed by atoms with Crippen LogP contribution < -0.4 is 0 Å². The summed E-state index contributed by atoms with van der Waals surface area (Å²) in [6, 6.07) is 10.2. The molecular weight excluding hydrogens is 248 g/mol. The van der Waals surface area contributed by atoms with Crippen LogP contribution in [0.5, 0.6) is 0 Å². The first-order valence-corrected chi connectivity index (χ1v) is 6.63. The minimum atomic E-state index is -0.226. The Morgan fingerprint density at radius 3 is 2.78 bits per heavy atom. The zero-order chi connectivity index (χ0) is 12.5. The molecule has 0 saturated heterocycles. The Kier molecular flexibility index (Phi) is 3.14. The third kappa shape index (κ3) is 2.06. The molecule has 0 bridgehead atoms. The predicted molar refractivity (Wildman–Crippen MR) is 70.7 cm³/mol. The Hall–Kier alpha value is -1.25. The summed E-state index contributed by atoms with van der Waals surface area (Å²) in [5, 5.41) is -0.226. The molecule has 18 heavy (non-hydrogen) atoms. The van der Waals surface area contributed by atoms with Crippen molar-refractivity contribution in [2.45, 2.75) is 31.9 Å². The molecule has 1 aliphatic rings. The minimum Gasteiger partial charge on any atom is -0.464 e. The van der Waals surface area contributed by atoms with Gasteiger partial charge >= 0.3 is 0 Å². The molecule has 0 spiro atoms. The van der Waals surface area contributed by atoms with Crippen LogP contribution in [0.1, 0.15) is 40.5 Å². The number of furan rings is 1. The lowest BCUT2D eigenvalue weighted by molar-refractivity contribution is 0.134. The molecule has 2 heterocycles. The molecule has 2 nitrogen and oxygen atoms in total. The number of benzene rings is 1. The highest BCUT2D eigenvalue weighted by Crippen LogP contribution is 2.32. The predicted octanol–water partition coefficient (Wildman–Crippen LogP) is 4.20. The molecule has 2 aromatic rings. The largest absolute Gasteiger partial charge is 0.464 e. The van der Waals surface area contributed by atoms with E-state index in [-0.39, 0.29) is 5.38 Å². The van der Waals surface area contributed by atoms with Crippen molar-refractivity contribution < 1.29 is 9.15 Å². The van der Waals surface area contributed by atoms with Gasteiger partial charge in [0.2, 0.25) is 0 Å². The minimum absolute atomic E-state index is 0.226. The molecule has 0 aliphatic carbocycles. The van der Waals surface area contributed by atoms with Gasteiger partial charge in [-0.05, 0) is 28.8 Å². The topological polar surface area (TPSA) is 22.4 Å². The molecule has 1 aliphatic heterocycles. The van der Waals surface area contributed by atoms with E-state index in [9.17, 15) is 0 Å². The Balaban J connectivity index is 1.89. The van der Waals surface area contributed by atoms with Crippen molar-refractivity contribution in [1.29, 1.82) is 0 Å². The van der Waals surface area contributed by atoms with E-state index < -0.39 is 0 Å². The fourth-order valence-corrected chi connectivity index (χ4v) is 2.49. The molecular formula is C15H15ClO2. The molecule has 1 aromatic carbocycles. The van der Waals surface area contributed by atoms with E-state index in [0.717, 1.165) is 23.5 Å². The summed E-state index contributed by atoms with van der Waals surface area (Å²) in [4.78, 5) is 0. The lowest BCUT2D eigenvalue weighted by Crippen LogP contribution is -1.93. The first-order valence-electron chi connectivity index (χ1n) is 6.20. The van der Waals surface area contributed by atoms with Crippen molar-refractivity contribution in [1.82, 2.24) is 0 Å². The Morgan fingerprint density at radius 2 is 2.00 bits per heavy atom. The highest BCUT2D eigenvalue weighted by molar-refractivity contribution is 6.22. The second kappa shape index (κ2) is 4.79. The second-order valence-electron chi connectivity index (χ2n) is 4.54. The zero-order valence-electron chi connectivity index (χ0n) is 10.3. The maximum atomic E-state index is 6.47. The molecule has 0 radical (unpaired) electrons. The summed E-state index contributed by atoms with van der Waals surface area (Å²) in [7, 11) is 0. The molecule has 3 heteroatoms. The monoisotopic (exact) mass is 262 g/mol. The third-order valence-corrected chi connectivity index (χ3v) is 3.79. The first kappa shape index (κ1) is 11.8. The van der Waals surface area contributed by atoms with E-state index in [4.69, 9.17) is 20.8 Å². The van der Waals surface area contributed by atoms with Crippen LogP contribution in [0.3, 0.4) is 0 Å². The maximum absolute atomic E-state index is 6.47. The first-order chi connectivity index (χ1) is 8.78. The van der Waals surface area contributed by atoms with Crippen LogP contribution >= 0.6 is 11.6 Å². The summed E-state index contributed by atoms with van der Waals surface area (Å²) >= 11 is 6.47. The van der Waals surface area contributed by atoms with Gasteiger partial charge in [0, 0.05) is 6.42 Å². The van der Waals surface area contributed by atoms with Crippen molar-refractivity contribution >= 4 is 11.6 Å². The van der Waals surface area contributed by atoms with Crippen LogP contribution in [0.4, 0.5) is 0 Å².